The fourth-order valence-electron chi connectivity index (χ4n) is 3.92. The van der Waals surface area contributed by atoms with Gasteiger partial charge in [-0.05, 0) is 19.4 Å². The predicted octanol–water partition coefficient (Wildman–Crippen LogP) is 0.376. The molecule has 2 fully saturated rings. The molecule has 90 valence electrons. The highest BCUT2D eigenvalue weighted by Crippen LogP contribution is 2.48. The molecule has 0 aromatic rings. The first-order valence-corrected chi connectivity index (χ1v) is 6.28. The first kappa shape index (κ1) is 9.85. The van der Waals surface area contributed by atoms with Crippen LogP contribution in [0.3, 0.4) is 0 Å². The van der Waals surface area contributed by atoms with Crippen LogP contribution in [0.4, 0.5) is 0 Å². The Morgan fingerprint density at radius 1 is 1.53 bits per heavy atom. The van der Waals surface area contributed by atoms with Gasteiger partial charge in [0.2, 0.25) is 0 Å². The van der Waals surface area contributed by atoms with E-state index in [9.17, 15) is 9.90 Å². The molecule has 4 atom stereocenters. The van der Waals surface area contributed by atoms with Crippen LogP contribution >= 0.6 is 0 Å². The maximum atomic E-state index is 11.5. The molecule has 1 aliphatic carbocycles. The van der Waals surface area contributed by atoms with E-state index in [2.05, 4.69) is 11.0 Å². The fourth-order valence-corrected chi connectivity index (χ4v) is 3.92. The average Bonchev–Trinajstić information content (AvgIpc) is 2.88. The van der Waals surface area contributed by atoms with E-state index in [1.807, 2.05) is 6.08 Å². The number of aliphatic hydroxyl groups is 1. The van der Waals surface area contributed by atoms with Crippen molar-refractivity contribution in [1.29, 1.82) is 0 Å². The summed E-state index contributed by atoms with van der Waals surface area (Å²) in [5, 5.41) is 10.6. The Bertz CT molecular complexity index is 456. The summed E-state index contributed by atoms with van der Waals surface area (Å²) in [6, 6.07) is 0.460. The molecule has 17 heavy (non-hydrogen) atoms. The number of aliphatic hydroxyl groups excluding tert-OH is 1. The molecule has 3 aliphatic heterocycles. The summed E-state index contributed by atoms with van der Waals surface area (Å²) in [4.78, 5) is 13.8. The van der Waals surface area contributed by atoms with E-state index in [0.29, 0.717) is 12.5 Å². The number of carbonyl (C=O) groups excluding carboxylic acids is 1. The lowest BCUT2D eigenvalue weighted by atomic mass is 9.72. The Labute approximate surface area is 99.5 Å². The highest BCUT2D eigenvalue weighted by Gasteiger charge is 2.59. The van der Waals surface area contributed by atoms with Crippen LogP contribution in [0.5, 0.6) is 0 Å². The topological polar surface area (TPSA) is 49.8 Å². The second-order valence-electron chi connectivity index (χ2n) is 5.43. The van der Waals surface area contributed by atoms with Gasteiger partial charge in [-0.1, -0.05) is 12.2 Å². The molecule has 2 saturated heterocycles. The van der Waals surface area contributed by atoms with Crippen LogP contribution in [0.1, 0.15) is 19.3 Å². The molecule has 0 radical (unpaired) electrons. The van der Waals surface area contributed by atoms with E-state index in [4.69, 9.17) is 4.74 Å². The zero-order chi connectivity index (χ0) is 11.6. The second-order valence-corrected chi connectivity index (χ2v) is 5.43. The van der Waals surface area contributed by atoms with Gasteiger partial charge in [-0.25, -0.2) is 4.79 Å². The summed E-state index contributed by atoms with van der Waals surface area (Å²) in [6.07, 6.45) is 7.88. The van der Waals surface area contributed by atoms with E-state index in [-0.39, 0.29) is 12.0 Å². The monoisotopic (exact) mass is 233 g/mol. The van der Waals surface area contributed by atoms with E-state index < -0.39 is 11.7 Å². The normalized spacial score (nSPS) is 47.5. The number of esters is 1. The van der Waals surface area contributed by atoms with Crippen molar-refractivity contribution in [2.45, 2.75) is 43.1 Å². The lowest BCUT2D eigenvalue weighted by Gasteiger charge is -2.51. The molecule has 0 amide bonds. The Morgan fingerprint density at radius 3 is 3.29 bits per heavy atom. The maximum Gasteiger partial charge on any atom is 0.332 e. The van der Waals surface area contributed by atoms with E-state index in [1.54, 1.807) is 0 Å². The molecule has 4 rings (SSSR count). The third-order valence-electron chi connectivity index (χ3n) is 4.67. The lowest BCUT2D eigenvalue weighted by molar-refractivity contribution is -0.173. The summed E-state index contributed by atoms with van der Waals surface area (Å²) in [5.41, 5.74) is 0.111. The Kier molecular flexibility index (Phi) is 1.74. The van der Waals surface area contributed by atoms with Gasteiger partial charge in [-0.2, -0.15) is 0 Å². The molecule has 3 heterocycles. The van der Waals surface area contributed by atoms with Crippen LogP contribution in [0.25, 0.3) is 0 Å². The largest absolute Gasteiger partial charge is 0.448 e. The summed E-state index contributed by atoms with van der Waals surface area (Å²) in [5.74, 6) is -0.309. The van der Waals surface area contributed by atoms with Gasteiger partial charge in [0.25, 0.3) is 0 Å². The van der Waals surface area contributed by atoms with Gasteiger partial charge >= 0.3 is 5.97 Å². The van der Waals surface area contributed by atoms with E-state index in [1.165, 1.54) is 6.08 Å². The molecule has 2 bridgehead atoms. The standard InChI is InChI=1S/C13H15NO3/c15-11-6-8-3-4-9-7-13(8,17-11)12(16)10-2-1-5-14(9)10/h3-4,6,9-10,12,16H,1-2,5,7H2/t9-,10+,12?,13-/m0/s1. The minimum Gasteiger partial charge on any atom is -0.448 e. The zero-order valence-electron chi connectivity index (χ0n) is 9.50. The number of fused-ring (bicyclic) bond motifs is 3. The van der Waals surface area contributed by atoms with Crippen molar-refractivity contribution in [2.24, 2.45) is 0 Å². The Balaban J connectivity index is 1.84. The van der Waals surface area contributed by atoms with Gasteiger partial charge in [0, 0.05) is 30.2 Å². The van der Waals surface area contributed by atoms with Crippen molar-refractivity contribution in [3.8, 4) is 0 Å². The highest BCUT2D eigenvalue weighted by molar-refractivity contribution is 5.88. The third kappa shape index (κ3) is 1.07. The van der Waals surface area contributed by atoms with Crippen molar-refractivity contribution in [1.82, 2.24) is 4.90 Å². The number of piperidine rings is 1. The van der Waals surface area contributed by atoms with E-state index >= 15 is 0 Å². The van der Waals surface area contributed by atoms with Crippen molar-refractivity contribution in [2.75, 3.05) is 6.54 Å². The molecule has 0 aromatic carbocycles. The fraction of sp³-hybridized carbons (Fsp3) is 0.615. The van der Waals surface area contributed by atoms with Crippen LogP contribution in [-0.2, 0) is 9.53 Å². The number of hydrogen-bond acceptors (Lipinski definition) is 4. The number of carbonyl (C=O) groups is 1. The molecule has 1 unspecified atom stereocenters. The molecule has 4 heteroatoms. The maximum absolute atomic E-state index is 11.5. The number of rotatable bonds is 0. The van der Waals surface area contributed by atoms with Gasteiger partial charge in [-0.3, -0.25) is 4.90 Å². The summed E-state index contributed by atoms with van der Waals surface area (Å²) in [6.45, 7) is 1.04. The summed E-state index contributed by atoms with van der Waals surface area (Å²) < 4.78 is 5.48. The van der Waals surface area contributed by atoms with Crippen LogP contribution in [-0.4, -0.2) is 46.3 Å². The summed E-state index contributed by atoms with van der Waals surface area (Å²) in [7, 11) is 0. The van der Waals surface area contributed by atoms with Crippen LogP contribution in [0.15, 0.2) is 23.8 Å². The first-order chi connectivity index (χ1) is 8.21. The zero-order valence-corrected chi connectivity index (χ0v) is 9.50. The molecule has 4 aliphatic rings. The average molecular weight is 233 g/mol. The minimum absolute atomic E-state index is 0.146. The smallest absolute Gasteiger partial charge is 0.332 e. The molecular formula is C13H15NO3. The minimum atomic E-state index is -0.748. The second kappa shape index (κ2) is 3.00. The van der Waals surface area contributed by atoms with Gasteiger partial charge in [0.05, 0.1) is 0 Å². The SMILES string of the molecule is O=C1C=C2C=C[C@H]3C[C@@]2(O1)C(O)[C@H]1CCCN13. The van der Waals surface area contributed by atoms with Crippen LogP contribution < -0.4 is 0 Å². The van der Waals surface area contributed by atoms with Crippen molar-refractivity contribution >= 4 is 5.97 Å². The molecule has 0 saturated carbocycles. The molecule has 0 aromatic heterocycles. The van der Waals surface area contributed by atoms with Crippen molar-refractivity contribution in [3.63, 3.8) is 0 Å². The molecule has 1 N–H and O–H groups in total. The van der Waals surface area contributed by atoms with Crippen molar-refractivity contribution in [3.05, 3.63) is 23.8 Å². The Hall–Kier alpha value is -1.13. The summed E-state index contributed by atoms with van der Waals surface area (Å²) >= 11 is 0. The predicted molar refractivity (Wildman–Crippen MR) is 60.2 cm³/mol. The number of nitrogens with zero attached hydrogens (tertiary/aromatic N) is 1. The van der Waals surface area contributed by atoms with Gasteiger partial charge in [0.1, 0.15) is 6.10 Å². The van der Waals surface area contributed by atoms with Crippen molar-refractivity contribution < 1.29 is 14.6 Å². The third-order valence-corrected chi connectivity index (χ3v) is 4.67. The van der Waals surface area contributed by atoms with Gasteiger partial charge in [-0.15, -0.1) is 0 Å². The molecule has 1 spiro atoms. The van der Waals surface area contributed by atoms with Crippen LogP contribution in [0, 0.1) is 0 Å². The van der Waals surface area contributed by atoms with Gasteiger partial charge in [0.15, 0.2) is 5.60 Å². The van der Waals surface area contributed by atoms with Crippen LogP contribution in [0.2, 0.25) is 0 Å². The quantitative estimate of drug-likeness (QED) is 0.614. The Morgan fingerprint density at radius 2 is 2.41 bits per heavy atom. The number of ether oxygens (including phenoxy) is 1. The molecular weight excluding hydrogens is 218 g/mol. The number of hydrogen-bond donors (Lipinski definition) is 1. The molecule has 4 nitrogen and oxygen atoms in total. The lowest BCUT2D eigenvalue weighted by Crippen LogP contribution is -2.64. The highest BCUT2D eigenvalue weighted by atomic mass is 16.6. The first-order valence-electron chi connectivity index (χ1n) is 6.28. The van der Waals surface area contributed by atoms with Gasteiger partial charge < -0.3 is 9.84 Å². The van der Waals surface area contributed by atoms with E-state index in [0.717, 1.165) is 25.0 Å².